The van der Waals surface area contributed by atoms with Gasteiger partial charge in [-0.25, -0.2) is 4.98 Å². The maximum Gasteiger partial charge on any atom is 0.275 e. The number of halogens is 4. The van der Waals surface area contributed by atoms with Crippen molar-refractivity contribution in [1.82, 2.24) is 4.98 Å². The van der Waals surface area contributed by atoms with E-state index in [1.54, 1.807) is 0 Å². The minimum absolute atomic E-state index is 0.0820. The number of anilines is 1. The van der Waals surface area contributed by atoms with Crippen LogP contribution in [0.5, 0.6) is 0 Å². The summed E-state index contributed by atoms with van der Waals surface area (Å²) in [5, 5.41) is 3.20. The highest BCUT2D eigenvalue weighted by atomic mass is 79.9. The Balaban J connectivity index is 2.35. The standard InChI is InChI=1S/C13H8Br2Cl2N2O/c1-6-4-7(14)11(8(15)5-6)19-13(20)12-9(16)2-3-10(17)18-12/h2-5H,1H3,(H,19,20). The summed E-state index contributed by atoms with van der Waals surface area (Å²) in [4.78, 5) is 16.2. The first kappa shape index (κ1) is 15.8. The number of carbonyl (C=O) groups excluding carboxylic acids is 1. The number of hydrogen-bond donors (Lipinski definition) is 1. The molecule has 0 fully saturated rings. The fraction of sp³-hybridized carbons (Fsp3) is 0.0769. The highest BCUT2D eigenvalue weighted by Gasteiger charge is 2.16. The lowest BCUT2D eigenvalue weighted by molar-refractivity contribution is 0.102. The predicted octanol–water partition coefficient (Wildman–Crippen LogP) is 5.47. The van der Waals surface area contributed by atoms with E-state index in [1.165, 1.54) is 12.1 Å². The molecule has 0 unspecified atom stereocenters. The molecular weight excluding hydrogens is 431 g/mol. The van der Waals surface area contributed by atoms with Gasteiger partial charge in [0.05, 0.1) is 10.7 Å². The lowest BCUT2D eigenvalue weighted by Gasteiger charge is -2.11. The number of nitrogens with zero attached hydrogens (tertiary/aromatic N) is 1. The quantitative estimate of drug-likeness (QED) is 0.631. The summed E-state index contributed by atoms with van der Waals surface area (Å²) in [5.41, 5.74) is 1.75. The third-order valence-corrected chi connectivity index (χ3v) is 4.22. The molecule has 20 heavy (non-hydrogen) atoms. The molecule has 0 bridgehead atoms. The molecule has 0 aliphatic rings. The van der Waals surface area contributed by atoms with Crippen molar-refractivity contribution in [2.45, 2.75) is 6.92 Å². The zero-order valence-corrected chi connectivity index (χ0v) is 14.9. The number of aromatic nitrogens is 1. The Morgan fingerprint density at radius 1 is 1.20 bits per heavy atom. The van der Waals surface area contributed by atoms with Gasteiger partial charge in [-0.2, -0.15) is 0 Å². The number of aryl methyl sites for hydroxylation is 1. The average Bonchev–Trinajstić information content (AvgIpc) is 2.36. The molecule has 0 saturated heterocycles. The minimum Gasteiger partial charge on any atom is -0.319 e. The molecule has 2 rings (SSSR count). The lowest BCUT2D eigenvalue weighted by Crippen LogP contribution is -2.15. The molecule has 0 atom stereocenters. The Hall–Kier alpha value is -0.620. The summed E-state index contributed by atoms with van der Waals surface area (Å²) < 4.78 is 1.52. The van der Waals surface area contributed by atoms with Crippen LogP contribution in [0.15, 0.2) is 33.2 Å². The van der Waals surface area contributed by atoms with Crippen molar-refractivity contribution in [3.63, 3.8) is 0 Å². The second kappa shape index (κ2) is 6.43. The molecule has 1 heterocycles. The molecule has 104 valence electrons. The van der Waals surface area contributed by atoms with Crippen LogP contribution >= 0.6 is 55.1 Å². The third-order valence-electron chi connectivity index (χ3n) is 2.45. The number of pyridine rings is 1. The van der Waals surface area contributed by atoms with E-state index in [9.17, 15) is 4.79 Å². The third kappa shape index (κ3) is 3.52. The molecule has 0 aliphatic carbocycles. The van der Waals surface area contributed by atoms with E-state index in [0.717, 1.165) is 14.5 Å². The van der Waals surface area contributed by atoms with Crippen molar-refractivity contribution >= 4 is 66.7 Å². The predicted molar refractivity (Wildman–Crippen MR) is 88.8 cm³/mol. The fourth-order valence-electron chi connectivity index (χ4n) is 1.57. The molecule has 0 spiro atoms. The summed E-state index contributed by atoms with van der Waals surface area (Å²) in [6, 6.07) is 6.85. The van der Waals surface area contributed by atoms with Crippen LogP contribution < -0.4 is 5.32 Å². The molecule has 1 aromatic carbocycles. The minimum atomic E-state index is -0.428. The zero-order valence-electron chi connectivity index (χ0n) is 10.2. The van der Waals surface area contributed by atoms with Crippen molar-refractivity contribution in [1.29, 1.82) is 0 Å². The van der Waals surface area contributed by atoms with Gasteiger partial charge in [-0.1, -0.05) is 23.2 Å². The molecule has 1 amide bonds. The summed E-state index contributed by atoms with van der Waals surface area (Å²) in [5.74, 6) is -0.428. The van der Waals surface area contributed by atoms with Gasteiger partial charge in [0.2, 0.25) is 0 Å². The van der Waals surface area contributed by atoms with Crippen LogP contribution in [0.1, 0.15) is 16.1 Å². The van der Waals surface area contributed by atoms with E-state index < -0.39 is 5.91 Å². The topological polar surface area (TPSA) is 42.0 Å². The van der Waals surface area contributed by atoms with E-state index in [4.69, 9.17) is 23.2 Å². The van der Waals surface area contributed by atoms with E-state index in [1.807, 2.05) is 19.1 Å². The van der Waals surface area contributed by atoms with Crippen molar-refractivity contribution in [2.75, 3.05) is 5.32 Å². The van der Waals surface area contributed by atoms with E-state index in [-0.39, 0.29) is 15.9 Å². The number of benzene rings is 1. The normalized spacial score (nSPS) is 10.4. The first-order valence-electron chi connectivity index (χ1n) is 5.47. The number of carbonyl (C=O) groups is 1. The van der Waals surface area contributed by atoms with Gasteiger partial charge in [-0.3, -0.25) is 4.79 Å². The lowest BCUT2D eigenvalue weighted by atomic mass is 10.2. The SMILES string of the molecule is Cc1cc(Br)c(NC(=O)c2nc(Cl)ccc2Cl)c(Br)c1. The maximum atomic E-state index is 12.2. The number of hydrogen-bond acceptors (Lipinski definition) is 2. The Bertz CT molecular complexity index is 669. The molecule has 0 saturated carbocycles. The van der Waals surface area contributed by atoms with Gasteiger partial charge in [0.1, 0.15) is 10.8 Å². The fourth-order valence-corrected chi connectivity index (χ4v) is 3.52. The van der Waals surface area contributed by atoms with Crippen LogP contribution in [0.4, 0.5) is 5.69 Å². The second-order valence-corrected chi connectivity index (χ2v) is 6.53. The summed E-state index contributed by atoms with van der Waals surface area (Å²) in [6.07, 6.45) is 0. The van der Waals surface area contributed by atoms with Crippen LogP contribution in [0.25, 0.3) is 0 Å². The first-order chi connectivity index (χ1) is 9.38. The van der Waals surface area contributed by atoms with Gasteiger partial charge < -0.3 is 5.32 Å². The molecular formula is C13H8Br2Cl2N2O. The van der Waals surface area contributed by atoms with Gasteiger partial charge in [-0.05, 0) is 68.6 Å². The zero-order chi connectivity index (χ0) is 14.9. The van der Waals surface area contributed by atoms with Gasteiger partial charge in [0, 0.05) is 8.95 Å². The summed E-state index contributed by atoms with van der Waals surface area (Å²) >= 11 is 18.6. The molecule has 2 aromatic rings. The van der Waals surface area contributed by atoms with E-state index in [2.05, 4.69) is 42.2 Å². The van der Waals surface area contributed by atoms with Crippen molar-refractivity contribution in [2.24, 2.45) is 0 Å². The maximum absolute atomic E-state index is 12.2. The van der Waals surface area contributed by atoms with Gasteiger partial charge >= 0.3 is 0 Å². The number of rotatable bonds is 2. The highest BCUT2D eigenvalue weighted by molar-refractivity contribution is 9.11. The van der Waals surface area contributed by atoms with Crippen molar-refractivity contribution in [3.05, 3.63) is 54.6 Å². The Morgan fingerprint density at radius 3 is 2.40 bits per heavy atom. The Morgan fingerprint density at radius 2 is 1.80 bits per heavy atom. The average molecular weight is 439 g/mol. The molecule has 1 aromatic heterocycles. The van der Waals surface area contributed by atoms with Gasteiger partial charge in [0.15, 0.2) is 0 Å². The largest absolute Gasteiger partial charge is 0.319 e. The number of amides is 1. The van der Waals surface area contributed by atoms with Crippen molar-refractivity contribution in [3.8, 4) is 0 Å². The van der Waals surface area contributed by atoms with Crippen LogP contribution in [-0.2, 0) is 0 Å². The molecule has 1 N–H and O–H groups in total. The molecule has 0 radical (unpaired) electrons. The Kier molecular flexibility index (Phi) is 5.07. The van der Waals surface area contributed by atoms with Crippen molar-refractivity contribution < 1.29 is 4.79 Å². The van der Waals surface area contributed by atoms with E-state index >= 15 is 0 Å². The van der Waals surface area contributed by atoms with Crippen LogP contribution in [0.3, 0.4) is 0 Å². The van der Waals surface area contributed by atoms with E-state index in [0.29, 0.717) is 5.69 Å². The van der Waals surface area contributed by atoms with Crippen LogP contribution in [-0.4, -0.2) is 10.9 Å². The Labute approximate surface area is 142 Å². The van der Waals surface area contributed by atoms with Crippen LogP contribution in [0.2, 0.25) is 10.2 Å². The number of nitrogens with one attached hydrogen (secondary N) is 1. The van der Waals surface area contributed by atoms with Gasteiger partial charge in [0.25, 0.3) is 5.91 Å². The second-order valence-electron chi connectivity index (χ2n) is 4.02. The molecule has 7 heteroatoms. The smallest absolute Gasteiger partial charge is 0.275 e. The van der Waals surface area contributed by atoms with Crippen LogP contribution in [0, 0.1) is 6.92 Å². The van der Waals surface area contributed by atoms with Gasteiger partial charge in [-0.15, -0.1) is 0 Å². The molecule has 0 aliphatic heterocycles. The summed E-state index contributed by atoms with van der Waals surface area (Å²) in [7, 11) is 0. The molecule has 3 nitrogen and oxygen atoms in total. The first-order valence-corrected chi connectivity index (χ1v) is 7.81. The monoisotopic (exact) mass is 436 g/mol. The summed E-state index contributed by atoms with van der Waals surface area (Å²) in [6.45, 7) is 1.95. The highest BCUT2D eigenvalue weighted by Crippen LogP contribution is 2.33.